The number of benzene rings is 2. The largest absolute Gasteiger partial charge is 0.308 e. The fourth-order valence-corrected chi connectivity index (χ4v) is 2.97. The van der Waals surface area contributed by atoms with Crippen LogP contribution in [-0.2, 0) is 6.42 Å². The number of amides is 1. The number of rotatable bonds is 1. The number of carbonyl (C=O) groups excluding carboxylic acids is 1. The fourth-order valence-electron chi connectivity index (χ4n) is 2.55. The van der Waals surface area contributed by atoms with E-state index in [9.17, 15) is 9.18 Å². The smallest absolute Gasteiger partial charge is 0.259 e. The van der Waals surface area contributed by atoms with E-state index in [0.717, 1.165) is 18.5 Å². The summed E-state index contributed by atoms with van der Waals surface area (Å²) in [6.45, 7) is 0.665. The van der Waals surface area contributed by atoms with Crippen LogP contribution in [0.1, 0.15) is 22.3 Å². The highest BCUT2D eigenvalue weighted by Gasteiger charge is 2.24. The molecular weight excluding hydrogens is 321 g/mol. The van der Waals surface area contributed by atoms with Crippen LogP contribution in [0.2, 0.25) is 0 Å². The van der Waals surface area contributed by atoms with E-state index in [-0.39, 0.29) is 5.91 Å². The van der Waals surface area contributed by atoms with Gasteiger partial charge >= 0.3 is 0 Å². The lowest BCUT2D eigenvalue weighted by Gasteiger charge is -2.29. The molecule has 0 radical (unpaired) electrons. The fraction of sp³-hybridized carbons (Fsp3) is 0.188. The summed E-state index contributed by atoms with van der Waals surface area (Å²) in [6, 6.07) is 12.1. The monoisotopic (exact) mass is 333 g/mol. The number of aryl methyl sites for hydroxylation is 1. The maximum atomic E-state index is 13.4. The molecule has 2 aromatic rings. The number of anilines is 1. The molecule has 2 aromatic carbocycles. The lowest BCUT2D eigenvalue weighted by molar-refractivity contribution is 0.0984. The molecule has 0 unspecified atom stereocenters. The zero-order chi connectivity index (χ0) is 14.1. The maximum absolute atomic E-state index is 13.4. The van der Waals surface area contributed by atoms with Crippen molar-refractivity contribution >= 4 is 27.5 Å². The molecule has 1 amide bonds. The lowest BCUT2D eigenvalue weighted by atomic mass is 10.0. The predicted molar refractivity (Wildman–Crippen MR) is 80.5 cm³/mol. The van der Waals surface area contributed by atoms with Crippen molar-refractivity contribution in [1.82, 2.24) is 0 Å². The van der Waals surface area contributed by atoms with Crippen LogP contribution >= 0.6 is 15.9 Å². The Kier molecular flexibility index (Phi) is 3.57. The Morgan fingerprint density at radius 3 is 2.85 bits per heavy atom. The molecule has 1 aliphatic rings. The Morgan fingerprint density at radius 1 is 1.20 bits per heavy atom. The van der Waals surface area contributed by atoms with Gasteiger partial charge in [0.1, 0.15) is 5.82 Å². The van der Waals surface area contributed by atoms with Crippen molar-refractivity contribution in [2.75, 3.05) is 11.4 Å². The summed E-state index contributed by atoms with van der Waals surface area (Å²) in [6.07, 6.45) is 1.90. The number of hydrogen-bond donors (Lipinski definition) is 0. The number of para-hydroxylation sites is 1. The third-order valence-corrected chi connectivity index (χ3v) is 4.21. The molecule has 0 saturated heterocycles. The zero-order valence-electron chi connectivity index (χ0n) is 10.8. The summed E-state index contributed by atoms with van der Waals surface area (Å²) in [4.78, 5) is 14.4. The Hall–Kier alpha value is -1.68. The first-order valence-corrected chi connectivity index (χ1v) is 7.31. The van der Waals surface area contributed by atoms with Gasteiger partial charge in [-0.05, 0) is 58.6 Å². The second kappa shape index (κ2) is 5.37. The van der Waals surface area contributed by atoms with Crippen LogP contribution in [0.5, 0.6) is 0 Å². The molecule has 0 N–H and O–H groups in total. The van der Waals surface area contributed by atoms with Crippen molar-refractivity contribution in [1.29, 1.82) is 0 Å². The van der Waals surface area contributed by atoms with Gasteiger partial charge in [-0.15, -0.1) is 0 Å². The number of fused-ring (bicyclic) bond motifs is 1. The third kappa shape index (κ3) is 2.36. The minimum absolute atomic E-state index is 0.163. The Balaban J connectivity index is 2.02. The molecule has 0 fully saturated rings. The van der Waals surface area contributed by atoms with Crippen LogP contribution < -0.4 is 4.90 Å². The average molecular weight is 334 g/mol. The van der Waals surface area contributed by atoms with E-state index in [2.05, 4.69) is 15.9 Å². The van der Waals surface area contributed by atoms with Gasteiger partial charge in [0.2, 0.25) is 0 Å². The van der Waals surface area contributed by atoms with Crippen LogP contribution in [0.4, 0.5) is 10.1 Å². The minimum Gasteiger partial charge on any atom is -0.308 e. The van der Waals surface area contributed by atoms with Gasteiger partial charge in [-0.1, -0.05) is 18.2 Å². The molecule has 0 saturated carbocycles. The second-order valence-corrected chi connectivity index (χ2v) is 5.67. The van der Waals surface area contributed by atoms with Gasteiger partial charge in [0.25, 0.3) is 5.91 Å². The van der Waals surface area contributed by atoms with Gasteiger partial charge in [-0.25, -0.2) is 4.39 Å². The lowest BCUT2D eigenvalue weighted by Crippen LogP contribution is -2.35. The second-order valence-electron chi connectivity index (χ2n) is 4.81. The van der Waals surface area contributed by atoms with Crippen LogP contribution in [0.3, 0.4) is 0 Å². The highest BCUT2D eigenvalue weighted by Crippen LogP contribution is 2.29. The van der Waals surface area contributed by atoms with Gasteiger partial charge in [-0.3, -0.25) is 4.79 Å². The summed E-state index contributed by atoms with van der Waals surface area (Å²) in [5.41, 5.74) is 2.46. The van der Waals surface area contributed by atoms with E-state index in [0.29, 0.717) is 16.6 Å². The van der Waals surface area contributed by atoms with Gasteiger partial charge in [0.15, 0.2) is 0 Å². The summed E-state index contributed by atoms with van der Waals surface area (Å²) in [5, 5.41) is 0. The van der Waals surface area contributed by atoms with Crippen molar-refractivity contribution in [3.05, 3.63) is 63.9 Å². The molecule has 102 valence electrons. The molecule has 1 aliphatic heterocycles. The van der Waals surface area contributed by atoms with Crippen LogP contribution in [0, 0.1) is 5.82 Å². The molecule has 0 bridgehead atoms. The van der Waals surface area contributed by atoms with E-state index in [1.54, 1.807) is 11.0 Å². The van der Waals surface area contributed by atoms with Crippen molar-refractivity contribution < 1.29 is 9.18 Å². The highest BCUT2D eigenvalue weighted by atomic mass is 79.9. The maximum Gasteiger partial charge on any atom is 0.259 e. The molecule has 0 atom stereocenters. The molecular formula is C16H13BrFNO. The topological polar surface area (TPSA) is 20.3 Å². The van der Waals surface area contributed by atoms with Gasteiger partial charge in [-0.2, -0.15) is 0 Å². The van der Waals surface area contributed by atoms with Gasteiger partial charge < -0.3 is 4.90 Å². The minimum atomic E-state index is -0.401. The first kappa shape index (κ1) is 13.3. The summed E-state index contributed by atoms with van der Waals surface area (Å²) >= 11 is 3.32. The molecule has 0 aliphatic carbocycles. The zero-order valence-corrected chi connectivity index (χ0v) is 12.4. The number of carbonyl (C=O) groups is 1. The van der Waals surface area contributed by atoms with Crippen molar-refractivity contribution in [3.8, 4) is 0 Å². The third-order valence-electron chi connectivity index (χ3n) is 3.51. The number of hydrogen-bond acceptors (Lipinski definition) is 1. The molecule has 1 heterocycles. The Morgan fingerprint density at radius 2 is 2.00 bits per heavy atom. The van der Waals surface area contributed by atoms with Crippen molar-refractivity contribution in [2.24, 2.45) is 0 Å². The first-order chi connectivity index (χ1) is 9.66. The molecule has 2 nitrogen and oxygen atoms in total. The molecule has 0 spiro atoms. The highest BCUT2D eigenvalue weighted by molar-refractivity contribution is 9.10. The molecule has 20 heavy (non-hydrogen) atoms. The van der Waals surface area contributed by atoms with Crippen LogP contribution in [0.15, 0.2) is 46.9 Å². The Labute approximate surface area is 125 Å². The SMILES string of the molecule is O=C(c1cc(F)ccc1Br)N1CCCc2ccccc21. The standard InChI is InChI=1S/C16H13BrFNO/c17-14-8-7-12(18)10-13(14)16(20)19-9-3-5-11-4-1-2-6-15(11)19/h1-2,4,6-8,10H,3,5,9H2. The normalized spacial score (nSPS) is 14.0. The Bertz CT molecular complexity index is 671. The first-order valence-electron chi connectivity index (χ1n) is 6.51. The van der Waals surface area contributed by atoms with Gasteiger partial charge in [0, 0.05) is 16.7 Å². The van der Waals surface area contributed by atoms with Crippen LogP contribution in [0.25, 0.3) is 0 Å². The van der Waals surface area contributed by atoms with E-state index in [1.165, 1.54) is 17.7 Å². The van der Waals surface area contributed by atoms with E-state index < -0.39 is 5.82 Å². The quantitative estimate of drug-likeness (QED) is 0.766. The summed E-state index contributed by atoms with van der Waals surface area (Å²) in [5.74, 6) is -0.564. The molecule has 0 aromatic heterocycles. The summed E-state index contributed by atoms with van der Waals surface area (Å²) < 4.78 is 14.0. The summed E-state index contributed by atoms with van der Waals surface area (Å²) in [7, 11) is 0. The van der Waals surface area contributed by atoms with Gasteiger partial charge in [0.05, 0.1) is 5.56 Å². The number of halogens is 2. The van der Waals surface area contributed by atoms with E-state index in [4.69, 9.17) is 0 Å². The van der Waals surface area contributed by atoms with Crippen molar-refractivity contribution in [3.63, 3.8) is 0 Å². The molecule has 4 heteroatoms. The van der Waals surface area contributed by atoms with E-state index >= 15 is 0 Å². The van der Waals surface area contributed by atoms with Crippen LogP contribution in [-0.4, -0.2) is 12.5 Å². The number of nitrogens with zero attached hydrogens (tertiary/aromatic N) is 1. The molecule has 3 rings (SSSR count). The average Bonchev–Trinajstić information content (AvgIpc) is 2.48. The predicted octanol–water partition coefficient (Wildman–Crippen LogP) is 4.18. The van der Waals surface area contributed by atoms with E-state index in [1.807, 2.05) is 24.3 Å². The van der Waals surface area contributed by atoms with Crippen molar-refractivity contribution in [2.45, 2.75) is 12.8 Å².